The average molecular weight is 281 g/mol. The molecule has 20 heavy (non-hydrogen) atoms. The topological polar surface area (TPSA) is 118 Å². The van der Waals surface area contributed by atoms with Gasteiger partial charge in [-0.25, -0.2) is 9.59 Å². The van der Waals surface area contributed by atoms with E-state index < -0.39 is 30.4 Å². The van der Waals surface area contributed by atoms with Crippen LogP contribution < -0.4 is 10.6 Å². The molecular formula is C12H15N3O5. The van der Waals surface area contributed by atoms with Gasteiger partial charge in [-0.15, -0.1) is 0 Å². The number of carboxylic acids is 1. The highest BCUT2D eigenvalue weighted by atomic mass is 16.5. The minimum Gasteiger partial charge on any atom is -0.480 e. The van der Waals surface area contributed by atoms with Gasteiger partial charge in [0.1, 0.15) is 6.04 Å². The third kappa shape index (κ3) is 4.56. The first-order valence-electron chi connectivity index (χ1n) is 5.72. The van der Waals surface area contributed by atoms with E-state index in [0.717, 1.165) is 7.11 Å². The molecule has 0 saturated heterocycles. The van der Waals surface area contributed by atoms with Gasteiger partial charge in [0.2, 0.25) is 0 Å². The van der Waals surface area contributed by atoms with E-state index in [4.69, 9.17) is 5.11 Å². The Hall–Kier alpha value is -2.64. The predicted octanol–water partition coefficient (Wildman–Crippen LogP) is 0.528. The van der Waals surface area contributed by atoms with Crippen LogP contribution in [0.2, 0.25) is 0 Å². The number of amides is 2. The summed E-state index contributed by atoms with van der Waals surface area (Å²) in [4.78, 5) is 37.7. The Bertz CT molecular complexity index is 518. The van der Waals surface area contributed by atoms with Gasteiger partial charge in [-0.3, -0.25) is 9.78 Å². The zero-order valence-corrected chi connectivity index (χ0v) is 11.0. The van der Waals surface area contributed by atoms with Crippen molar-refractivity contribution in [3.8, 4) is 0 Å². The Labute approximate surface area is 115 Å². The Morgan fingerprint density at radius 2 is 2.15 bits per heavy atom. The summed E-state index contributed by atoms with van der Waals surface area (Å²) < 4.78 is 4.37. The standard InChI is InChI=1S/C12H15N3O5/c1-7-8(4-3-5-13-7)14-12(19)15-9(11(17)18)6-10(16)20-2/h3-5,9H,6H2,1-2H3,(H,17,18)(H2,14,15,19)/t9-/m0/s1. The molecule has 0 aliphatic carbocycles. The number of anilines is 1. The molecule has 1 aromatic heterocycles. The van der Waals surface area contributed by atoms with Gasteiger partial charge in [-0.2, -0.15) is 0 Å². The lowest BCUT2D eigenvalue weighted by Crippen LogP contribution is -2.44. The highest BCUT2D eigenvalue weighted by Crippen LogP contribution is 2.10. The van der Waals surface area contributed by atoms with Crippen molar-refractivity contribution in [2.24, 2.45) is 0 Å². The number of pyridine rings is 1. The first-order valence-corrected chi connectivity index (χ1v) is 5.72. The molecule has 1 rings (SSSR count). The molecule has 3 N–H and O–H groups in total. The second kappa shape index (κ2) is 7.07. The van der Waals surface area contributed by atoms with Crippen molar-refractivity contribution in [2.75, 3.05) is 12.4 Å². The van der Waals surface area contributed by atoms with Gasteiger partial charge in [-0.1, -0.05) is 0 Å². The van der Waals surface area contributed by atoms with Crippen LogP contribution in [0.15, 0.2) is 18.3 Å². The number of carbonyl (C=O) groups excluding carboxylic acids is 2. The van der Waals surface area contributed by atoms with Crippen molar-refractivity contribution in [3.63, 3.8) is 0 Å². The lowest BCUT2D eigenvalue weighted by Gasteiger charge is -2.14. The molecule has 0 aliphatic heterocycles. The number of methoxy groups -OCH3 is 1. The molecule has 0 aromatic carbocycles. The average Bonchev–Trinajstić information content (AvgIpc) is 2.40. The monoisotopic (exact) mass is 281 g/mol. The number of urea groups is 1. The number of rotatable bonds is 5. The van der Waals surface area contributed by atoms with E-state index in [1.165, 1.54) is 0 Å². The summed E-state index contributed by atoms with van der Waals surface area (Å²) in [5.41, 5.74) is 1.04. The SMILES string of the molecule is COC(=O)C[C@H](NC(=O)Nc1cccnc1C)C(=O)O. The lowest BCUT2D eigenvalue weighted by molar-refractivity contribution is -0.147. The number of hydrogen-bond donors (Lipinski definition) is 3. The quantitative estimate of drug-likeness (QED) is 0.677. The van der Waals surface area contributed by atoms with Gasteiger partial charge < -0.3 is 20.5 Å². The van der Waals surface area contributed by atoms with E-state index in [-0.39, 0.29) is 0 Å². The number of esters is 1. The highest BCUT2D eigenvalue weighted by Gasteiger charge is 2.23. The van der Waals surface area contributed by atoms with Crippen molar-refractivity contribution in [2.45, 2.75) is 19.4 Å². The van der Waals surface area contributed by atoms with Gasteiger partial charge in [0.25, 0.3) is 0 Å². The third-order valence-electron chi connectivity index (χ3n) is 2.46. The number of aryl methyl sites for hydroxylation is 1. The summed E-state index contributed by atoms with van der Waals surface area (Å²) in [5, 5.41) is 13.6. The number of carboxylic acid groups (broad SMARTS) is 1. The molecule has 2 amide bonds. The van der Waals surface area contributed by atoms with Gasteiger partial charge in [-0.05, 0) is 19.1 Å². The zero-order chi connectivity index (χ0) is 15.1. The third-order valence-corrected chi connectivity index (χ3v) is 2.46. The summed E-state index contributed by atoms with van der Waals surface area (Å²) in [6.45, 7) is 1.69. The fourth-order valence-corrected chi connectivity index (χ4v) is 1.38. The summed E-state index contributed by atoms with van der Waals surface area (Å²) in [6, 6.07) is 1.15. The molecule has 1 heterocycles. The molecule has 8 heteroatoms. The first kappa shape index (κ1) is 15.4. The summed E-state index contributed by atoms with van der Waals surface area (Å²) in [6.07, 6.45) is 1.11. The first-order chi connectivity index (χ1) is 9.43. The minimum absolute atomic E-state index is 0.451. The Morgan fingerprint density at radius 3 is 2.70 bits per heavy atom. The van der Waals surface area contributed by atoms with E-state index >= 15 is 0 Å². The van der Waals surface area contributed by atoms with Crippen LogP contribution in [0.1, 0.15) is 12.1 Å². The van der Waals surface area contributed by atoms with Gasteiger partial charge in [0.05, 0.1) is 24.9 Å². The van der Waals surface area contributed by atoms with E-state index in [1.807, 2.05) is 0 Å². The van der Waals surface area contributed by atoms with E-state index in [2.05, 4.69) is 20.4 Å². The maximum absolute atomic E-state index is 11.7. The van der Waals surface area contributed by atoms with E-state index in [0.29, 0.717) is 11.4 Å². The van der Waals surface area contributed by atoms with Crippen LogP contribution in [-0.2, 0) is 14.3 Å². The van der Waals surface area contributed by atoms with Crippen molar-refractivity contribution >= 4 is 23.7 Å². The van der Waals surface area contributed by atoms with Crippen LogP contribution in [0.25, 0.3) is 0 Å². The maximum Gasteiger partial charge on any atom is 0.326 e. The number of nitrogens with one attached hydrogen (secondary N) is 2. The zero-order valence-electron chi connectivity index (χ0n) is 11.0. The second-order valence-electron chi connectivity index (χ2n) is 3.91. The normalized spacial score (nSPS) is 11.3. The smallest absolute Gasteiger partial charge is 0.326 e. The molecule has 8 nitrogen and oxygen atoms in total. The van der Waals surface area contributed by atoms with Crippen molar-refractivity contribution in [1.82, 2.24) is 10.3 Å². The molecular weight excluding hydrogens is 266 g/mol. The molecule has 0 saturated carbocycles. The summed E-state index contributed by atoms with van der Waals surface area (Å²) in [7, 11) is 1.14. The number of aliphatic carboxylic acids is 1. The summed E-state index contributed by atoms with van der Waals surface area (Å²) in [5.74, 6) is -2.05. The van der Waals surface area contributed by atoms with Gasteiger partial charge in [0, 0.05) is 6.20 Å². The molecule has 1 atom stereocenters. The van der Waals surface area contributed by atoms with Gasteiger partial charge >= 0.3 is 18.0 Å². The Morgan fingerprint density at radius 1 is 1.45 bits per heavy atom. The van der Waals surface area contributed by atoms with Gasteiger partial charge in [0.15, 0.2) is 0 Å². The number of hydrogen-bond acceptors (Lipinski definition) is 5. The van der Waals surface area contributed by atoms with Crippen LogP contribution in [0.3, 0.4) is 0 Å². The number of aromatic nitrogens is 1. The number of ether oxygens (including phenoxy) is 1. The largest absolute Gasteiger partial charge is 0.480 e. The number of nitrogens with zero attached hydrogens (tertiary/aromatic N) is 1. The fourth-order valence-electron chi connectivity index (χ4n) is 1.38. The molecule has 0 aliphatic rings. The second-order valence-corrected chi connectivity index (χ2v) is 3.91. The maximum atomic E-state index is 11.7. The Kier molecular flexibility index (Phi) is 5.45. The van der Waals surface area contributed by atoms with Crippen molar-refractivity contribution < 1.29 is 24.2 Å². The van der Waals surface area contributed by atoms with Crippen LogP contribution in [0.4, 0.5) is 10.5 Å². The molecule has 0 spiro atoms. The molecule has 108 valence electrons. The molecule has 0 unspecified atom stereocenters. The fraction of sp³-hybridized carbons (Fsp3) is 0.333. The van der Waals surface area contributed by atoms with Crippen LogP contribution in [0, 0.1) is 6.92 Å². The van der Waals surface area contributed by atoms with Crippen LogP contribution in [0.5, 0.6) is 0 Å². The lowest BCUT2D eigenvalue weighted by atomic mass is 10.2. The van der Waals surface area contributed by atoms with Crippen LogP contribution in [-0.4, -0.2) is 41.2 Å². The van der Waals surface area contributed by atoms with E-state index in [9.17, 15) is 14.4 Å². The molecule has 0 radical (unpaired) electrons. The Balaban J connectivity index is 2.65. The highest BCUT2D eigenvalue weighted by molar-refractivity contribution is 5.93. The summed E-state index contributed by atoms with van der Waals surface area (Å²) >= 11 is 0. The van der Waals surface area contributed by atoms with Crippen molar-refractivity contribution in [3.05, 3.63) is 24.0 Å². The minimum atomic E-state index is -1.36. The van der Waals surface area contributed by atoms with E-state index in [1.54, 1.807) is 25.3 Å². The predicted molar refractivity (Wildman–Crippen MR) is 69.2 cm³/mol. The molecule has 0 fully saturated rings. The number of carbonyl (C=O) groups is 3. The molecule has 1 aromatic rings. The van der Waals surface area contributed by atoms with Crippen LogP contribution >= 0.6 is 0 Å². The van der Waals surface area contributed by atoms with Crippen molar-refractivity contribution in [1.29, 1.82) is 0 Å². The molecule has 0 bridgehead atoms.